The average molecular weight is 524 g/mol. The number of nitrogens with one attached hydrogen (secondary N) is 1. The second kappa shape index (κ2) is 9.94. The molecule has 2 N–H and O–H groups in total. The average Bonchev–Trinajstić information content (AvgIpc) is 3.53. The smallest absolute Gasteiger partial charge is 0.322 e. The topological polar surface area (TPSA) is 99.2 Å². The third-order valence-corrected chi connectivity index (χ3v) is 8.16. The van der Waals surface area contributed by atoms with Gasteiger partial charge < -0.3 is 20.1 Å². The van der Waals surface area contributed by atoms with Gasteiger partial charge in [-0.05, 0) is 66.4 Å². The van der Waals surface area contributed by atoms with E-state index >= 15 is 0 Å². The van der Waals surface area contributed by atoms with Crippen LogP contribution < -0.4 is 15.0 Å². The lowest BCUT2D eigenvalue weighted by Crippen LogP contribution is -2.41. The Morgan fingerprint density at radius 2 is 2.00 bits per heavy atom. The molecule has 3 aliphatic rings. The van der Waals surface area contributed by atoms with E-state index < -0.39 is 18.4 Å². The molecular formula is C26H25N3O5S2. The van der Waals surface area contributed by atoms with Crippen LogP contribution in [0.15, 0.2) is 47.4 Å². The summed E-state index contributed by atoms with van der Waals surface area (Å²) in [5.41, 5.74) is 4.52. The number of thiocarbonyl (C=S) groups is 1. The molecule has 2 fully saturated rings. The number of rotatable bonds is 7. The normalized spacial score (nSPS) is 21.6. The van der Waals surface area contributed by atoms with E-state index in [-0.39, 0.29) is 16.8 Å². The second-order valence-corrected chi connectivity index (χ2v) is 10.6. The SMILES string of the molecule is COc1ccc(N2c3ccc(C=C4SC(=S)N(CC(=O)NCC(=O)O)C4=O)cc3C3CCCC32)cc1. The van der Waals surface area contributed by atoms with E-state index in [1.807, 2.05) is 24.3 Å². The first-order valence-corrected chi connectivity index (χ1v) is 12.9. The van der Waals surface area contributed by atoms with Crippen molar-refractivity contribution in [1.82, 2.24) is 10.2 Å². The number of nitrogens with zero attached hydrogens (tertiary/aromatic N) is 2. The number of thioether (sulfide) groups is 1. The first-order chi connectivity index (χ1) is 17.4. The molecule has 2 aromatic rings. The summed E-state index contributed by atoms with van der Waals surface area (Å²) in [6, 6.07) is 14.8. The third kappa shape index (κ3) is 4.58. The number of carbonyl (C=O) groups excluding carboxylic acids is 2. The van der Waals surface area contributed by atoms with E-state index in [1.54, 1.807) is 7.11 Å². The van der Waals surface area contributed by atoms with Crippen LogP contribution in [0.1, 0.15) is 36.3 Å². The van der Waals surface area contributed by atoms with Crippen molar-refractivity contribution in [2.75, 3.05) is 25.1 Å². The van der Waals surface area contributed by atoms with Crippen LogP contribution >= 0.6 is 24.0 Å². The zero-order chi connectivity index (χ0) is 25.4. The van der Waals surface area contributed by atoms with Crippen LogP contribution in [0, 0.1) is 0 Å². The Hall–Kier alpha value is -3.37. The van der Waals surface area contributed by atoms with Crippen LogP contribution in [-0.2, 0) is 14.4 Å². The fraction of sp³-hybridized carbons (Fsp3) is 0.308. The van der Waals surface area contributed by atoms with Gasteiger partial charge in [0.1, 0.15) is 23.2 Å². The second-order valence-electron chi connectivity index (χ2n) is 8.93. The van der Waals surface area contributed by atoms with Gasteiger partial charge in [-0.2, -0.15) is 0 Å². The number of anilines is 2. The Morgan fingerprint density at radius 3 is 2.72 bits per heavy atom. The number of hydrogen-bond acceptors (Lipinski definition) is 7. The Balaban J connectivity index is 1.38. The highest BCUT2D eigenvalue weighted by Crippen LogP contribution is 2.52. The number of amides is 2. The van der Waals surface area contributed by atoms with Gasteiger partial charge >= 0.3 is 5.97 Å². The molecule has 8 nitrogen and oxygen atoms in total. The Labute approximate surface area is 218 Å². The molecule has 0 radical (unpaired) electrons. The largest absolute Gasteiger partial charge is 0.497 e. The Bertz CT molecular complexity index is 1280. The summed E-state index contributed by atoms with van der Waals surface area (Å²) >= 11 is 6.46. The highest BCUT2D eigenvalue weighted by atomic mass is 32.2. The minimum Gasteiger partial charge on any atom is -0.497 e. The van der Waals surface area contributed by atoms with Crippen molar-refractivity contribution in [2.24, 2.45) is 0 Å². The number of aliphatic carboxylic acids is 1. The summed E-state index contributed by atoms with van der Waals surface area (Å²) in [6.45, 7) is -0.811. The number of hydrogen-bond donors (Lipinski definition) is 2. The summed E-state index contributed by atoms with van der Waals surface area (Å²) in [7, 11) is 1.66. The van der Waals surface area contributed by atoms with Crippen LogP contribution in [0.4, 0.5) is 11.4 Å². The molecule has 2 amide bonds. The van der Waals surface area contributed by atoms with Gasteiger partial charge in [0.25, 0.3) is 5.91 Å². The van der Waals surface area contributed by atoms with Gasteiger partial charge in [-0.15, -0.1) is 0 Å². The number of fused-ring (bicyclic) bond motifs is 3. The lowest BCUT2D eigenvalue weighted by molar-refractivity contribution is -0.138. The first-order valence-electron chi connectivity index (χ1n) is 11.7. The molecule has 36 heavy (non-hydrogen) atoms. The number of carboxylic acid groups (broad SMARTS) is 1. The van der Waals surface area contributed by atoms with Crippen molar-refractivity contribution >= 4 is 63.5 Å². The van der Waals surface area contributed by atoms with Gasteiger partial charge in [0.2, 0.25) is 5.91 Å². The molecule has 0 aromatic heterocycles. The summed E-state index contributed by atoms with van der Waals surface area (Å²) in [4.78, 5) is 39.7. The maximum Gasteiger partial charge on any atom is 0.322 e. The fourth-order valence-electron chi connectivity index (χ4n) is 5.20. The summed E-state index contributed by atoms with van der Waals surface area (Å²) < 4.78 is 5.60. The predicted molar refractivity (Wildman–Crippen MR) is 142 cm³/mol. The van der Waals surface area contributed by atoms with E-state index in [9.17, 15) is 14.4 Å². The number of carboxylic acids is 1. The maximum absolute atomic E-state index is 12.9. The summed E-state index contributed by atoms with van der Waals surface area (Å²) in [5, 5.41) is 11.0. The van der Waals surface area contributed by atoms with E-state index in [4.69, 9.17) is 22.1 Å². The predicted octanol–water partition coefficient (Wildman–Crippen LogP) is 3.89. The quantitative estimate of drug-likeness (QED) is 0.417. The maximum atomic E-state index is 12.9. The molecule has 10 heteroatoms. The van der Waals surface area contributed by atoms with Gasteiger partial charge in [-0.1, -0.05) is 36.5 Å². The van der Waals surface area contributed by atoms with E-state index in [0.717, 1.165) is 41.6 Å². The molecule has 2 aliphatic heterocycles. The van der Waals surface area contributed by atoms with Crippen molar-refractivity contribution in [3.8, 4) is 5.75 Å². The lowest BCUT2D eigenvalue weighted by Gasteiger charge is -2.27. The van der Waals surface area contributed by atoms with Crippen LogP contribution in [0.2, 0.25) is 0 Å². The van der Waals surface area contributed by atoms with Gasteiger partial charge in [0.05, 0.1) is 12.0 Å². The molecule has 1 saturated carbocycles. The Kier molecular flexibility index (Phi) is 6.72. The van der Waals surface area contributed by atoms with E-state index in [1.165, 1.54) is 22.6 Å². The van der Waals surface area contributed by atoms with Crippen molar-refractivity contribution in [3.05, 3.63) is 58.5 Å². The highest BCUT2D eigenvalue weighted by Gasteiger charge is 2.42. The zero-order valence-corrected chi connectivity index (χ0v) is 21.2. The number of carbonyl (C=O) groups is 3. The summed E-state index contributed by atoms with van der Waals surface area (Å²) in [5.74, 6) is -0.815. The Morgan fingerprint density at radius 1 is 1.22 bits per heavy atom. The molecule has 2 unspecified atom stereocenters. The molecule has 2 atom stereocenters. The molecule has 0 spiro atoms. The minimum absolute atomic E-state index is 0.277. The van der Waals surface area contributed by atoms with Crippen molar-refractivity contribution in [3.63, 3.8) is 0 Å². The van der Waals surface area contributed by atoms with Crippen molar-refractivity contribution in [2.45, 2.75) is 31.2 Å². The van der Waals surface area contributed by atoms with Crippen molar-refractivity contribution in [1.29, 1.82) is 0 Å². The van der Waals surface area contributed by atoms with Gasteiger partial charge in [-0.25, -0.2) is 0 Å². The first kappa shape index (κ1) is 24.3. The fourth-order valence-corrected chi connectivity index (χ4v) is 6.46. The minimum atomic E-state index is -1.15. The van der Waals surface area contributed by atoms with E-state index in [0.29, 0.717) is 16.9 Å². The van der Waals surface area contributed by atoms with Crippen molar-refractivity contribution < 1.29 is 24.2 Å². The monoisotopic (exact) mass is 523 g/mol. The summed E-state index contributed by atoms with van der Waals surface area (Å²) in [6.07, 6.45) is 5.24. The van der Waals surface area contributed by atoms with Crippen LogP contribution in [0.5, 0.6) is 5.75 Å². The van der Waals surface area contributed by atoms with Crippen LogP contribution in [-0.4, -0.2) is 58.4 Å². The molecule has 1 aliphatic carbocycles. The molecule has 0 bridgehead atoms. The molecule has 5 rings (SSSR count). The van der Waals surface area contributed by atoms with Crippen LogP contribution in [0.25, 0.3) is 6.08 Å². The molecular weight excluding hydrogens is 498 g/mol. The van der Waals surface area contributed by atoms with Gasteiger partial charge in [0.15, 0.2) is 0 Å². The lowest BCUT2D eigenvalue weighted by atomic mass is 9.96. The van der Waals surface area contributed by atoms with Gasteiger partial charge in [0, 0.05) is 23.3 Å². The molecule has 186 valence electrons. The molecule has 2 heterocycles. The van der Waals surface area contributed by atoms with Crippen LogP contribution in [0.3, 0.4) is 0 Å². The highest BCUT2D eigenvalue weighted by molar-refractivity contribution is 8.26. The van der Waals surface area contributed by atoms with E-state index in [2.05, 4.69) is 34.5 Å². The number of benzene rings is 2. The number of ether oxygens (including phenoxy) is 1. The standard InChI is InChI=1S/C26H25N3O5S2/c1-34-17-8-6-16(7-9-17)29-20-4-2-3-18(20)19-11-15(5-10-21(19)29)12-22-25(33)28(26(35)36-22)14-23(30)27-13-24(31)32/h5-12,18,20H,2-4,13-14H2,1H3,(H,27,30)(H,31,32). The third-order valence-electron chi connectivity index (χ3n) is 6.78. The number of methoxy groups -OCH3 is 1. The zero-order valence-electron chi connectivity index (χ0n) is 19.6. The van der Waals surface area contributed by atoms with Gasteiger partial charge in [-0.3, -0.25) is 19.3 Å². The molecule has 2 aromatic carbocycles. The molecule has 1 saturated heterocycles.